The van der Waals surface area contributed by atoms with Gasteiger partial charge in [-0.05, 0) is 67.8 Å². The topological polar surface area (TPSA) is 106 Å². The quantitative estimate of drug-likeness (QED) is 0.264. The number of benzene rings is 2. The van der Waals surface area contributed by atoms with E-state index in [0.29, 0.717) is 18.8 Å². The highest BCUT2D eigenvalue weighted by molar-refractivity contribution is 5.90. The van der Waals surface area contributed by atoms with E-state index in [-0.39, 0.29) is 6.04 Å². The molecule has 0 amide bonds. The number of furan rings is 1. The van der Waals surface area contributed by atoms with Crippen LogP contribution in [0.2, 0.25) is 0 Å². The van der Waals surface area contributed by atoms with Gasteiger partial charge in [-0.2, -0.15) is 5.10 Å². The van der Waals surface area contributed by atoms with Crippen molar-refractivity contribution in [1.29, 1.82) is 0 Å². The van der Waals surface area contributed by atoms with Crippen LogP contribution in [0.15, 0.2) is 77.9 Å². The first kappa shape index (κ1) is 22.1. The van der Waals surface area contributed by atoms with Crippen LogP contribution in [0.5, 0.6) is 5.75 Å². The number of aromatic nitrogens is 4. The average Bonchev–Trinajstić information content (AvgIpc) is 3.64. The molecular formula is C29H27N5O2. The number of ether oxygens (including phenoxy) is 1. The van der Waals surface area contributed by atoms with Crippen LogP contribution < -0.4 is 10.5 Å². The first-order valence-electron chi connectivity index (χ1n) is 12.0. The van der Waals surface area contributed by atoms with E-state index in [0.717, 1.165) is 44.5 Å². The van der Waals surface area contributed by atoms with Crippen molar-refractivity contribution < 1.29 is 9.15 Å². The van der Waals surface area contributed by atoms with Gasteiger partial charge in [0.05, 0.1) is 29.9 Å². The van der Waals surface area contributed by atoms with E-state index < -0.39 is 0 Å². The third-order valence-corrected chi connectivity index (χ3v) is 6.58. The Morgan fingerprint density at radius 1 is 1.03 bits per heavy atom. The number of rotatable bonds is 7. The predicted molar refractivity (Wildman–Crippen MR) is 142 cm³/mol. The first-order chi connectivity index (χ1) is 17.5. The summed E-state index contributed by atoms with van der Waals surface area (Å²) in [5.41, 5.74) is 15.7. The standard InChI is InChI=1S/C29H27N5O2/c1-17-3-5-27-25(9-17)21(13-31-27)10-22(30)16-36-23-12-26(29(32-14-23)20-7-8-35-15-20)19-4-6-28-24(11-19)18(2)33-34-28/h3-9,11-15,22,31H,10,16,30H2,1-2H3,(H,33,34). The molecule has 4 aromatic heterocycles. The number of nitrogens with one attached hydrogen (secondary N) is 2. The Bertz CT molecular complexity index is 1660. The van der Waals surface area contributed by atoms with Crippen LogP contribution in [-0.2, 0) is 6.42 Å². The molecule has 0 aliphatic heterocycles. The Balaban J connectivity index is 1.27. The molecule has 36 heavy (non-hydrogen) atoms. The fourth-order valence-corrected chi connectivity index (χ4v) is 4.69. The number of hydrogen-bond donors (Lipinski definition) is 3. The molecule has 7 heteroatoms. The van der Waals surface area contributed by atoms with Crippen molar-refractivity contribution in [2.45, 2.75) is 26.3 Å². The number of aromatic amines is 2. The maximum atomic E-state index is 6.48. The highest BCUT2D eigenvalue weighted by Crippen LogP contribution is 2.35. The lowest BCUT2D eigenvalue weighted by atomic mass is 9.99. The van der Waals surface area contributed by atoms with Crippen LogP contribution in [0.4, 0.5) is 0 Å². The summed E-state index contributed by atoms with van der Waals surface area (Å²) in [7, 11) is 0. The molecular weight excluding hydrogens is 450 g/mol. The molecule has 0 saturated heterocycles. The zero-order chi connectivity index (χ0) is 24.6. The smallest absolute Gasteiger partial charge is 0.138 e. The molecule has 2 aromatic carbocycles. The summed E-state index contributed by atoms with van der Waals surface area (Å²) in [5, 5.41) is 9.69. The minimum absolute atomic E-state index is 0.161. The summed E-state index contributed by atoms with van der Waals surface area (Å²) in [6.07, 6.45) is 7.85. The van der Waals surface area contributed by atoms with Crippen LogP contribution in [0.1, 0.15) is 16.8 Å². The Labute approximate surface area is 208 Å². The van der Waals surface area contributed by atoms with Crippen molar-refractivity contribution in [2.75, 3.05) is 6.61 Å². The molecule has 4 heterocycles. The second kappa shape index (κ2) is 9.02. The fraction of sp³-hybridized carbons (Fsp3) is 0.172. The zero-order valence-electron chi connectivity index (χ0n) is 20.2. The molecule has 7 nitrogen and oxygen atoms in total. The minimum atomic E-state index is -0.161. The van der Waals surface area contributed by atoms with Crippen LogP contribution in [-0.4, -0.2) is 32.8 Å². The molecule has 1 unspecified atom stereocenters. The number of nitrogens with two attached hydrogens (primary N) is 1. The van der Waals surface area contributed by atoms with E-state index in [1.807, 2.05) is 31.3 Å². The van der Waals surface area contributed by atoms with E-state index in [1.165, 1.54) is 16.5 Å². The number of fused-ring (bicyclic) bond motifs is 2. The average molecular weight is 478 g/mol. The number of nitrogens with zero attached hydrogens (tertiary/aromatic N) is 2. The number of hydrogen-bond acceptors (Lipinski definition) is 5. The number of aryl methyl sites for hydroxylation is 2. The summed E-state index contributed by atoms with van der Waals surface area (Å²) in [4.78, 5) is 8.07. The SMILES string of the molecule is Cc1ccc2[nH]cc(CC(N)COc3cnc(-c4ccoc4)c(-c4ccc5n[nH]c(C)c5c4)c3)c2c1. The zero-order valence-corrected chi connectivity index (χ0v) is 20.2. The van der Waals surface area contributed by atoms with Crippen LogP contribution >= 0.6 is 0 Å². The Morgan fingerprint density at radius 3 is 2.81 bits per heavy atom. The van der Waals surface area contributed by atoms with E-state index in [4.69, 9.17) is 19.9 Å². The predicted octanol–water partition coefficient (Wildman–Crippen LogP) is 5.93. The maximum absolute atomic E-state index is 6.48. The number of pyridine rings is 1. The summed E-state index contributed by atoms with van der Waals surface area (Å²) < 4.78 is 11.5. The van der Waals surface area contributed by atoms with Gasteiger partial charge in [-0.1, -0.05) is 17.7 Å². The van der Waals surface area contributed by atoms with Gasteiger partial charge >= 0.3 is 0 Å². The first-order valence-corrected chi connectivity index (χ1v) is 12.0. The van der Waals surface area contributed by atoms with Crippen molar-refractivity contribution in [2.24, 2.45) is 5.73 Å². The van der Waals surface area contributed by atoms with Gasteiger partial charge in [0.15, 0.2) is 0 Å². The van der Waals surface area contributed by atoms with Crippen molar-refractivity contribution in [3.8, 4) is 28.1 Å². The molecule has 6 aromatic rings. The lowest BCUT2D eigenvalue weighted by Gasteiger charge is -2.15. The Kier molecular flexibility index (Phi) is 5.54. The Hall–Kier alpha value is -4.36. The Morgan fingerprint density at radius 2 is 1.94 bits per heavy atom. The third-order valence-electron chi connectivity index (χ3n) is 6.58. The third kappa shape index (κ3) is 4.14. The molecule has 6 rings (SSSR count). The monoisotopic (exact) mass is 477 g/mol. The van der Waals surface area contributed by atoms with Crippen molar-refractivity contribution in [1.82, 2.24) is 20.2 Å². The molecule has 0 radical (unpaired) electrons. The van der Waals surface area contributed by atoms with Crippen LogP contribution in [0.3, 0.4) is 0 Å². The number of H-pyrrole nitrogens is 2. The largest absolute Gasteiger partial charge is 0.490 e. The molecule has 4 N–H and O–H groups in total. The molecule has 0 saturated carbocycles. The summed E-state index contributed by atoms with van der Waals surface area (Å²) in [5.74, 6) is 0.673. The van der Waals surface area contributed by atoms with E-state index in [2.05, 4.69) is 52.4 Å². The van der Waals surface area contributed by atoms with Gasteiger partial charge in [0, 0.05) is 45.3 Å². The second-order valence-corrected chi connectivity index (χ2v) is 9.30. The summed E-state index contributed by atoms with van der Waals surface area (Å²) in [6, 6.07) is 16.4. The van der Waals surface area contributed by atoms with Gasteiger partial charge in [-0.25, -0.2) is 0 Å². The normalized spacial score (nSPS) is 12.4. The molecule has 0 aliphatic carbocycles. The van der Waals surface area contributed by atoms with Gasteiger partial charge in [-0.15, -0.1) is 0 Å². The molecule has 180 valence electrons. The van der Waals surface area contributed by atoms with Gasteiger partial charge in [-0.3, -0.25) is 10.1 Å². The molecule has 0 spiro atoms. The van der Waals surface area contributed by atoms with Gasteiger partial charge in [0.25, 0.3) is 0 Å². The van der Waals surface area contributed by atoms with Crippen molar-refractivity contribution >= 4 is 21.8 Å². The molecule has 0 fully saturated rings. The van der Waals surface area contributed by atoms with E-state index >= 15 is 0 Å². The highest BCUT2D eigenvalue weighted by Gasteiger charge is 2.15. The molecule has 0 bridgehead atoms. The van der Waals surface area contributed by atoms with E-state index in [9.17, 15) is 0 Å². The lowest BCUT2D eigenvalue weighted by Crippen LogP contribution is -2.30. The van der Waals surface area contributed by atoms with Crippen LogP contribution in [0, 0.1) is 13.8 Å². The van der Waals surface area contributed by atoms with Crippen molar-refractivity contribution in [3.05, 3.63) is 90.3 Å². The van der Waals surface area contributed by atoms with Crippen molar-refractivity contribution in [3.63, 3.8) is 0 Å². The van der Waals surface area contributed by atoms with Gasteiger partial charge < -0.3 is 19.9 Å². The molecule has 0 aliphatic rings. The molecule has 1 atom stereocenters. The highest BCUT2D eigenvalue weighted by atomic mass is 16.5. The maximum Gasteiger partial charge on any atom is 0.138 e. The minimum Gasteiger partial charge on any atom is -0.490 e. The fourth-order valence-electron chi connectivity index (χ4n) is 4.69. The van der Waals surface area contributed by atoms with Gasteiger partial charge in [0.2, 0.25) is 0 Å². The van der Waals surface area contributed by atoms with E-state index in [1.54, 1.807) is 18.7 Å². The summed E-state index contributed by atoms with van der Waals surface area (Å²) in [6.45, 7) is 4.50. The van der Waals surface area contributed by atoms with Gasteiger partial charge in [0.1, 0.15) is 12.4 Å². The second-order valence-electron chi connectivity index (χ2n) is 9.30. The van der Waals surface area contributed by atoms with Crippen LogP contribution in [0.25, 0.3) is 44.2 Å². The lowest BCUT2D eigenvalue weighted by molar-refractivity contribution is 0.287. The summed E-state index contributed by atoms with van der Waals surface area (Å²) >= 11 is 0.